The van der Waals surface area contributed by atoms with Crippen LogP contribution >= 0.6 is 11.8 Å². The van der Waals surface area contributed by atoms with E-state index in [0.29, 0.717) is 5.69 Å². The number of anilines is 2. The molecule has 1 heterocycles. The van der Waals surface area contributed by atoms with Gasteiger partial charge in [-0.2, -0.15) is 0 Å². The summed E-state index contributed by atoms with van der Waals surface area (Å²) in [6.07, 6.45) is 0. The molecular weight excluding hydrogens is 308 g/mol. The lowest BCUT2D eigenvalue weighted by Crippen LogP contribution is -2.34. The van der Waals surface area contributed by atoms with Crippen molar-refractivity contribution < 1.29 is 9.59 Å². The van der Waals surface area contributed by atoms with E-state index >= 15 is 0 Å². The first kappa shape index (κ1) is 15.6. The third kappa shape index (κ3) is 2.97. The molecule has 1 atom stereocenters. The number of imide groups is 1. The van der Waals surface area contributed by atoms with Crippen molar-refractivity contribution >= 4 is 34.3 Å². The molecule has 2 aromatic carbocycles. The first-order chi connectivity index (χ1) is 11.0. The second kappa shape index (κ2) is 6.08. The minimum absolute atomic E-state index is 0.229. The molecule has 0 saturated carbocycles. The molecule has 1 fully saturated rings. The molecule has 1 saturated heterocycles. The minimum atomic E-state index is -0.593. The number of benzene rings is 2. The molecule has 5 heteroatoms. The molecule has 0 aromatic heterocycles. The van der Waals surface area contributed by atoms with Crippen LogP contribution in [0.15, 0.2) is 42.5 Å². The maximum absolute atomic E-state index is 12.6. The van der Waals surface area contributed by atoms with E-state index in [1.54, 1.807) is 6.07 Å². The van der Waals surface area contributed by atoms with Gasteiger partial charge in [-0.15, -0.1) is 0 Å². The number of nitrogens with zero attached hydrogens (tertiary/aromatic N) is 1. The van der Waals surface area contributed by atoms with Crippen molar-refractivity contribution in [2.24, 2.45) is 0 Å². The molecule has 0 unspecified atom stereocenters. The quantitative estimate of drug-likeness (QED) is 0.916. The molecule has 118 valence electrons. The summed E-state index contributed by atoms with van der Waals surface area (Å²) in [6.45, 7) is 5.96. The zero-order chi connectivity index (χ0) is 16.6. The fourth-order valence-corrected chi connectivity index (χ4v) is 3.41. The fourth-order valence-electron chi connectivity index (χ4n) is 2.52. The van der Waals surface area contributed by atoms with Crippen molar-refractivity contribution in [3.8, 4) is 0 Å². The Morgan fingerprint density at radius 1 is 0.957 bits per heavy atom. The summed E-state index contributed by atoms with van der Waals surface area (Å²) in [4.78, 5) is 26.2. The van der Waals surface area contributed by atoms with E-state index in [2.05, 4.69) is 5.32 Å². The molecule has 1 aliphatic heterocycles. The molecule has 23 heavy (non-hydrogen) atoms. The van der Waals surface area contributed by atoms with Crippen LogP contribution in [0, 0.1) is 20.8 Å². The van der Waals surface area contributed by atoms with Crippen LogP contribution in [0.4, 0.5) is 16.2 Å². The SMILES string of the molecule is Cc1ccc(N[C@H]2SC(=O)N(c3ccccc3C)C2=O)cc1C. The summed E-state index contributed by atoms with van der Waals surface area (Å²) in [7, 11) is 0. The van der Waals surface area contributed by atoms with Gasteiger partial charge >= 0.3 is 0 Å². The lowest BCUT2D eigenvalue weighted by molar-refractivity contribution is -0.116. The number of thioether (sulfide) groups is 1. The maximum Gasteiger partial charge on any atom is 0.295 e. The first-order valence-electron chi connectivity index (χ1n) is 7.41. The summed E-state index contributed by atoms with van der Waals surface area (Å²) in [5, 5.41) is 2.32. The highest BCUT2D eigenvalue weighted by molar-refractivity contribution is 8.16. The van der Waals surface area contributed by atoms with Crippen molar-refractivity contribution in [3.63, 3.8) is 0 Å². The summed E-state index contributed by atoms with van der Waals surface area (Å²) >= 11 is 1.02. The zero-order valence-electron chi connectivity index (χ0n) is 13.3. The highest BCUT2D eigenvalue weighted by atomic mass is 32.2. The maximum atomic E-state index is 12.6. The number of amides is 2. The number of hydrogen-bond donors (Lipinski definition) is 1. The third-order valence-electron chi connectivity index (χ3n) is 4.01. The van der Waals surface area contributed by atoms with Crippen LogP contribution in [-0.4, -0.2) is 16.5 Å². The predicted molar refractivity (Wildman–Crippen MR) is 95.0 cm³/mol. The Labute approximate surface area is 139 Å². The fraction of sp³-hybridized carbons (Fsp3) is 0.222. The number of carbonyl (C=O) groups is 2. The van der Waals surface area contributed by atoms with Crippen LogP contribution in [-0.2, 0) is 4.79 Å². The van der Waals surface area contributed by atoms with Crippen molar-refractivity contribution in [1.29, 1.82) is 0 Å². The van der Waals surface area contributed by atoms with Gasteiger partial charge in [0.2, 0.25) is 0 Å². The summed E-state index contributed by atoms with van der Waals surface area (Å²) in [5.41, 5.74) is 4.74. The van der Waals surface area contributed by atoms with Gasteiger partial charge in [0.25, 0.3) is 11.1 Å². The van der Waals surface area contributed by atoms with E-state index in [1.807, 2.05) is 57.2 Å². The van der Waals surface area contributed by atoms with Crippen LogP contribution in [0.3, 0.4) is 0 Å². The topological polar surface area (TPSA) is 49.4 Å². The van der Waals surface area contributed by atoms with Gasteiger partial charge in [-0.3, -0.25) is 9.59 Å². The van der Waals surface area contributed by atoms with Gasteiger partial charge in [0.1, 0.15) is 0 Å². The summed E-state index contributed by atoms with van der Waals surface area (Å²) < 4.78 is 0. The molecule has 0 bridgehead atoms. The molecule has 1 N–H and O–H groups in total. The minimum Gasteiger partial charge on any atom is -0.365 e. The Morgan fingerprint density at radius 2 is 1.70 bits per heavy atom. The van der Waals surface area contributed by atoms with Crippen molar-refractivity contribution in [1.82, 2.24) is 0 Å². The number of hydrogen-bond acceptors (Lipinski definition) is 4. The highest BCUT2D eigenvalue weighted by Gasteiger charge is 2.41. The van der Waals surface area contributed by atoms with Crippen LogP contribution in [0.2, 0.25) is 0 Å². The van der Waals surface area contributed by atoms with Crippen molar-refractivity contribution in [3.05, 3.63) is 59.2 Å². The Kier molecular flexibility index (Phi) is 4.13. The van der Waals surface area contributed by atoms with Gasteiger partial charge in [-0.05, 0) is 67.4 Å². The van der Waals surface area contributed by atoms with E-state index in [4.69, 9.17) is 0 Å². The van der Waals surface area contributed by atoms with E-state index in [-0.39, 0.29) is 11.1 Å². The normalized spacial score (nSPS) is 17.7. The second-order valence-corrected chi connectivity index (χ2v) is 6.72. The van der Waals surface area contributed by atoms with E-state index in [1.165, 1.54) is 10.5 Å². The number of para-hydroxylation sites is 1. The molecule has 0 aliphatic carbocycles. The van der Waals surface area contributed by atoms with Gasteiger partial charge in [0, 0.05) is 5.69 Å². The van der Waals surface area contributed by atoms with Crippen LogP contribution < -0.4 is 10.2 Å². The van der Waals surface area contributed by atoms with Crippen LogP contribution in [0.25, 0.3) is 0 Å². The monoisotopic (exact) mass is 326 g/mol. The number of rotatable bonds is 3. The highest BCUT2D eigenvalue weighted by Crippen LogP contribution is 2.34. The standard InChI is InChI=1S/C18H18N2O2S/c1-11-8-9-14(10-13(11)3)19-16-17(21)20(18(22)23-16)15-7-5-4-6-12(15)2/h4-10,16,19H,1-3H3/t16-/m0/s1. The molecular formula is C18H18N2O2S. The Hall–Kier alpha value is -2.27. The summed E-state index contributed by atoms with van der Waals surface area (Å²) in [5.74, 6) is -0.229. The first-order valence-corrected chi connectivity index (χ1v) is 8.29. The molecule has 2 aromatic rings. The van der Waals surface area contributed by atoms with Crippen LogP contribution in [0.1, 0.15) is 16.7 Å². The lowest BCUT2D eigenvalue weighted by Gasteiger charge is -2.17. The third-order valence-corrected chi connectivity index (χ3v) is 4.95. The number of nitrogens with one attached hydrogen (secondary N) is 1. The lowest BCUT2D eigenvalue weighted by atomic mass is 10.1. The van der Waals surface area contributed by atoms with Crippen molar-refractivity contribution in [2.75, 3.05) is 10.2 Å². The van der Waals surface area contributed by atoms with Gasteiger partial charge in [-0.25, -0.2) is 4.90 Å². The van der Waals surface area contributed by atoms with E-state index in [0.717, 1.165) is 28.6 Å². The zero-order valence-corrected chi connectivity index (χ0v) is 14.1. The average molecular weight is 326 g/mol. The Balaban J connectivity index is 1.84. The van der Waals surface area contributed by atoms with Crippen LogP contribution in [0.5, 0.6) is 0 Å². The number of aryl methyl sites for hydroxylation is 3. The van der Waals surface area contributed by atoms with E-state index in [9.17, 15) is 9.59 Å². The second-order valence-electron chi connectivity index (χ2n) is 5.67. The van der Waals surface area contributed by atoms with Gasteiger partial charge in [-0.1, -0.05) is 24.3 Å². The van der Waals surface area contributed by atoms with E-state index < -0.39 is 5.37 Å². The molecule has 4 nitrogen and oxygen atoms in total. The molecule has 3 rings (SSSR count). The number of carbonyl (C=O) groups excluding carboxylic acids is 2. The van der Waals surface area contributed by atoms with Gasteiger partial charge < -0.3 is 5.32 Å². The average Bonchev–Trinajstić information content (AvgIpc) is 2.78. The summed E-state index contributed by atoms with van der Waals surface area (Å²) in [6, 6.07) is 13.3. The molecule has 1 aliphatic rings. The van der Waals surface area contributed by atoms with Gasteiger partial charge in [0.15, 0.2) is 5.37 Å². The smallest absolute Gasteiger partial charge is 0.295 e. The van der Waals surface area contributed by atoms with Gasteiger partial charge in [0.05, 0.1) is 5.69 Å². The Morgan fingerprint density at radius 3 is 2.39 bits per heavy atom. The Bertz CT molecular complexity index is 788. The molecule has 0 radical (unpaired) electrons. The predicted octanol–water partition coefficient (Wildman–Crippen LogP) is 4.25. The molecule has 2 amide bonds. The largest absolute Gasteiger partial charge is 0.365 e. The van der Waals surface area contributed by atoms with Crippen molar-refractivity contribution in [2.45, 2.75) is 26.1 Å². The molecule has 0 spiro atoms.